The molecule has 0 bridgehead atoms. The number of rotatable bonds is 7. The fraction of sp³-hybridized carbons (Fsp3) is 0.240. The van der Waals surface area contributed by atoms with Crippen molar-refractivity contribution >= 4 is 5.97 Å². The highest BCUT2D eigenvalue weighted by molar-refractivity contribution is 5.74. The summed E-state index contributed by atoms with van der Waals surface area (Å²) in [5, 5.41) is 17.3. The number of methoxy groups -OCH3 is 2. The van der Waals surface area contributed by atoms with E-state index in [1.165, 1.54) is 21.1 Å². The van der Waals surface area contributed by atoms with E-state index in [1.807, 2.05) is 31.2 Å². The van der Waals surface area contributed by atoms with Crippen LogP contribution >= 0.6 is 0 Å². The summed E-state index contributed by atoms with van der Waals surface area (Å²) in [7, 11) is 2.89. The predicted molar refractivity (Wildman–Crippen MR) is 125 cm³/mol. The van der Waals surface area contributed by atoms with Gasteiger partial charge in [-0.05, 0) is 48.9 Å². The van der Waals surface area contributed by atoms with Gasteiger partial charge in [0.25, 0.3) is 0 Å². The van der Waals surface area contributed by atoms with Crippen molar-refractivity contribution in [3.8, 4) is 46.2 Å². The first-order chi connectivity index (χ1) is 16.9. The first kappa shape index (κ1) is 23.5. The molecule has 10 heteroatoms. The molecule has 1 aromatic heterocycles. The van der Waals surface area contributed by atoms with Crippen LogP contribution < -0.4 is 29.4 Å². The lowest BCUT2D eigenvalue weighted by Crippen LogP contribution is -2.21. The average molecular weight is 476 g/mol. The minimum Gasteiger partial charge on any atom is -0.494 e. The lowest BCUT2D eigenvalue weighted by atomic mass is 9.82. The molecule has 1 aliphatic rings. The van der Waals surface area contributed by atoms with Crippen molar-refractivity contribution in [2.24, 2.45) is 5.73 Å². The minimum atomic E-state index is -0.668. The molecule has 0 spiro atoms. The number of allylic oxidation sites excluding steroid dienone is 1. The van der Waals surface area contributed by atoms with Crippen molar-refractivity contribution in [3.05, 3.63) is 59.0 Å². The van der Waals surface area contributed by atoms with Gasteiger partial charge in [-0.15, -0.1) is 5.10 Å². The lowest BCUT2D eigenvalue weighted by molar-refractivity contribution is -0.132. The summed E-state index contributed by atoms with van der Waals surface area (Å²) in [4.78, 5) is 11.6. The molecule has 0 saturated heterocycles. The van der Waals surface area contributed by atoms with Crippen molar-refractivity contribution < 1.29 is 28.5 Å². The maximum atomic E-state index is 11.6. The van der Waals surface area contributed by atoms with Gasteiger partial charge >= 0.3 is 5.97 Å². The quantitative estimate of drug-likeness (QED) is 0.386. The van der Waals surface area contributed by atoms with Crippen LogP contribution in [0.4, 0.5) is 0 Å². The summed E-state index contributed by atoms with van der Waals surface area (Å²) in [6, 6.07) is 13.0. The topological polar surface area (TPSA) is 142 Å². The number of aromatic nitrogens is 2. The second-order valence-electron chi connectivity index (χ2n) is 7.55. The van der Waals surface area contributed by atoms with Crippen molar-refractivity contribution in [2.75, 3.05) is 20.8 Å². The van der Waals surface area contributed by atoms with E-state index < -0.39 is 11.9 Å². The van der Waals surface area contributed by atoms with Gasteiger partial charge in [-0.25, -0.2) is 0 Å². The van der Waals surface area contributed by atoms with E-state index in [1.54, 1.807) is 12.1 Å². The second-order valence-corrected chi connectivity index (χ2v) is 7.55. The summed E-state index contributed by atoms with van der Waals surface area (Å²) >= 11 is 0. The largest absolute Gasteiger partial charge is 0.494 e. The number of nitrogens with one attached hydrogen (secondary N) is 1. The predicted octanol–water partition coefficient (Wildman–Crippen LogP) is 3.64. The molecule has 0 saturated carbocycles. The van der Waals surface area contributed by atoms with Crippen LogP contribution in [-0.4, -0.2) is 37.0 Å². The standard InChI is InChI=1S/C25H24N4O6/c1-5-33-16-8-6-14(7-9-16)22-21-20(17(12-26)24(27)35-25(21)29-28-22)15-10-18(31-3)23(34-13(2)30)19(11-15)32-4/h6-11,20H,5,27H2,1-4H3,(H,28,29)/t20-/m0/s1. The van der Waals surface area contributed by atoms with Crippen LogP contribution in [0.5, 0.6) is 28.9 Å². The molecular weight excluding hydrogens is 452 g/mol. The van der Waals surface area contributed by atoms with Gasteiger partial charge in [0.05, 0.1) is 38.0 Å². The average Bonchev–Trinajstić information content (AvgIpc) is 3.26. The maximum absolute atomic E-state index is 11.6. The van der Waals surface area contributed by atoms with Crippen LogP contribution in [-0.2, 0) is 4.79 Å². The van der Waals surface area contributed by atoms with E-state index >= 15 is 0 Å². The molecule has 0 amide bonds. The second kappa shape index (κ2) is 9.69. The Balaban J connectivity index is 1.91. The van der Waals surface area contributed by atoms with Crippen molar-refractivity contribution in [2.45, 2.75) is 19.8 Å². The fourth-order valence-corrected chi connectivity index (χ4v) is 3.99. The van der Waals surface area contributed by atoms with Crippen LogP contribution in [0.3, 0.4) is 0 Å². The summed E-state index contributed by atoms with van der Waals surface area (Å²) in [5.41, 5.74) is 8.97. The summed E-state index contributed by atoms with van der Waals surface area (Å²) in [6.45, 7) is 3.75. The van der Waals surface area contributed by atoms with Gasteiger partial charge in [-0.1, -0.05) is 0 Å². The molecule has 180 valence electrons. The molecule has 3 aromatic rings. The molecule has 0 fully saturated rings. The molecule has 2 heterocycles. The van der Waals surface area contributed by atoms with E-state index in [0.717, 1.165) is 11.3 Å². The molecule has 4 rings (SSSR count). The number of nitrogens with zero attached hydrogens (tertiary/aromatic N) is 2. The van der Waals surface area contributed by atoms with Crippen molar-refractivity contribution in [1.29, 1.82) is 5.26 Å². The molecule has 35 heavy (non-hydrogen) atoms. The van der Waals surface area contributed by atoms with Crippen molar-refractivity contribution in [1.82, 2.24) is 10.2 Å². The van der Waals surface area contributed by atoms with Gasteiger partial charge in [0.15, 0.2) is 11.5 Å². The normalized spacial score (nSPS) is 14.4. The zero-order valence-corrected chi connectivity index (χ0v) is 19.7. The Hall–Kier alpha value is -4.65. The molecule has 1 aliphatic heterocycles. The van der Waals surface area contributed by atoms with E-state index in [0.29, 0.717) is 23.4 Å². The number of nitrogens with two attached hydrogens (primary N) is 1. The highest BCUT2D eigenvalue weighted by Gasteiger charge is 2.37. The van der Waals surface area contributed by atoms with Gasteiger partial charge in [-0.3, -0.25) is 9.89 Å². The third-order valence-corrected chi connectivity index (χ3v) is 5.45. The molecular formula is C25H24N4O6. The summed E-state index contributed by atoms with van der Waals surface area (Å²) in [5.74, 6) is 0.362. The number of benzene rings is 2. The number of aromatic amines is 1. The van der Waals surface area contributed by atoms with E-state index in [9.17, 15) is 10.1 Å². The molecule has 2 aromatic carbocycles. The van der Waals surface area contributed by atoms with E-state index in [4.69, 9.17) is 29.4 Å². The Morgan fingerprint density at radius 3 is 2.40 bits per heavy atom. The summed E-state index contributed by atoms with van der Waals surface area (Å²) < 4.78 is 27.5. The number of ether oxygens (including phenoxy) is 5. The van der Waals surface area contributed by atoms with Crippen molar-refractivity contribution in [3.63, 3.8) is 0 Å². The highest BCUT2D eigenvalue weighted by atomic mass is 16.6. The Morgan fingerprint density at radius 2 is 1.86 bits per heavy atom. The van der Waals surface area contributed by atoms with E-state index in [2.05, 4.69) is 16.3 Å². The molecule has 0 unspecified atom stereocenters. The van der Waals surface area contributed by atoms with Gasteiger partial charge in [0.2, 0.25) is 17.5 Å². The number of hydrogen-bond acceptors (Lipinski definition) is 9. The molecule has 0 radical (unpaired) electrons. The third kappa shape index (κ3) is 4.31. The molecule has 10 nitrogen and oxygen atoms in total. The highest BCUT2D eigenvalue weighted by Crippen LogP contribution is 2.49. The van der Waals surface area contributed by atoms with Gasteiger partial charge in [0, 0.05) is 12.5 Å². The maximum Gasteiger partial charge on any atom is 0.308 e. The van der Waals surface area contributed by atoms with Crippen LogP contribution in [0.15, 0.2) is 47.9 Å². The smallest absolute Gasteiger partial charge is 0.308 e. The Kier molecular flexibility index (Phi) is 6.51. The summed E-state index contributed by atoms with van der Waals surface area (Å²) in [6.07, 6.45) is 0. The van der Waals surface area contributed by atoms with Crippen LogP contribution in [0, 0.1) is 11.3 Å². The Morgan fingerprint density at radius 1 is 1.20 bits per heavy atom. The van der Waals surface area contributed by atoms with Crippen LogP contribution in [0.2, 0.25) is 0 Å². The molecule has 1 atom stereocenters. The number of carbonyl (C=O) groups excluding carboxylic acids is 1. The SMILES string of the molecule is CCOc1ccc(-c2[nH]nc3c2[C@@H](c2cc(OC)c(OC(C)=O)c(OC)c2)C(C#N)=C(N)O3)cc1. The lowest BCUT2D eigenvalue weighted by Gasteiger charge is -2.25. The van der Waals surface area contributed by atoms with Gasteiger partial charge in [-0.2, -0.15) is 5.26 Å². The van der Waals surface area contributed by atoms with Gasteiger partial charge < -0.3 is 29.4 Å². The zero-order valence-electron chi connectivity index (χ0n) is 19.7. The number of hydrogen-bond donors (Lipinski definition) is 2. The number of fused-ring (bicyclic) bond motifs is 1. The first-order valence-corrected chi connectivity index (χ1v) is 10.7. The number of nitriles is 1. The number of H-pyrrole nitrogens is 1. The first-order valence-electron chi connectivity index (χ1n) is 10.7. The number of esters is 1. The third-order valence-electron chi connectivity index (χ3n) is 5.45. The minimum absolute atomic E-state index is 0.0586. The van der Waals surface area contributed by atoms with Crippen LogP contribution in [0.25, 0.3) is 11.3 Å². The zero-order chi connectivity index (χ0) is 25.1. The monoisotopic (exact) mass is 476 g/mol. The van der Waals surface area contributed by atoms with Crippen LogP contribution in [0.1, 0.15) is 30.9 Å². The fourth-order valence-electron chi connectivity index (χ4n) is 3.99. The Bertz CT molecular complexity index is 1310. The van der Waals surface area contributed by atoms with Gasteiger partial charge in [0.1, 0.15) is 17.4 Å². The van der Waals surface area contributed by atoms with E-state index in [-0.39, 0.29) is 34.6 Å². The Labute approximate surface area is 201 Å². The molecule has 3 N–H and O–H groups in total. The molecule has 0 aliphatic carbocycles. The number of carbonyl (C=O) groups is 1.